The molecule has 0 radical (unpaired) electrons. The Hall–Kier alpha value is -2.78. The predicted molar refractivity (Wildman–Crippen MR) is 121 cm³/mol. The first-order valence-electron chi connectivity index (χ1n) is 9.89. The molecule has 0 atom stereocenters. The van der Waals surface area contributed by atoms with Crippen LogP contribution in [-0.4, -0.2) is 48.3 Å². The third-order valence-electron chi connectivity index (χ3n) is 4.70. The molecule has 0 aliphatic carbocycles. The van der Waals surface area contributed by atoms with E-state index in [0.29, 0.717) is 53.8 Å². The van der Waals surface area contributed by atoms with E-state index in [-0.39, 0.29) is 11.9 Å². The number of esters is 1. The molecular weight excluding hydrogens is 436 g/mol. The summed E-state index contributed by atoms with van der Waals surface area (Å²) in [7, 11) is 0. The lowest BCUT2D eigenvalue weighted by Gasteiger charge is -2.18. The number of amides is 1. The van der Waals surface area contributed by atoms with E-state index in [9.17, 15) is 9.59 Å². The van der Waals surface area contributed by atoms with Gasteiger partial charge in [-0.25, -0.2) is 4.79 Å². The standard InChI is InChI=1S/C22H22N2O5S2/c1-3-27-21(26)15-4-6-16-19(13-15)31-22(24(16)8-11-30-2)23-20(25)14-5-7-17-18(12-14)29-10-9-28-17/h4-7,12-13H,3,8-11H2,1-2H3. The van der Waals surface area contributed by atoms with Gasteiger partial charge in [0, 0.05) is 17.9 Å². The molecule has 4 rings (SSSR count). The van der Waals surface area contributed by atoms with E-state index in [0.717, 1.165) is 16.0 Å². The Morgan fingerprint density at radius 2 is 1.90 bits per heavy atom. The van der Waals surface area contributed by atoms with Gasteiger partial charge in [0.25, 0.3) is 5.91 Å². The van der Waals surface area contributed by atoms with E-state index in [1.165, 1.54) is 11.3 Å². The van der Waals surface area contributed by atoms with Crippen molar-refractivity contribution in [2.24, 2.45) is 4.99 Å². The number of ether oxygens (including phenoxy) is 3. The topological polar surface area (TPSA) is 79.1 Å². The number of benzene rings is 2. The van der Waals surface area contributed by atoms with Gasteiger partial charge in [0.05, 0.1) is 22.4 Å². The minimum Gasteiger partial charge on any atom is -0.486 e. The van der Waals surface area contributed by atoms with E-state index in [2.05, 4.69) is 4.99 Å². The third kappa shape index (κ3) is 4.62. The lowest BCUT2D eigenvalue weighted by Crippen LogP contribution is -2.18. The van der Waals surface area contributed by atoms with Crippen molar-refractivity contribution in [2.45, 2.75) is 13.5 Å². The van der Waals surface area contributed by atoms with Crippen molar-refractivity contribution in [1.29, 1.82) is 0 Å². The highest BCUT2D eigenvalue weighted by Crippen LogP contribution is 2.31. The van der Waals surface area contributed by atoms with Crippen LogP contribution in [0.15, 0.2) is 41.4 Å². The second kappa shape index (κ2) is 9.57. The zero-order chi connectivity index (χ0) is 21.8. The van der Waals surface area contributed by atoms with Crippen LogP contribution in [0.25, 0.3) is 10.2 Å². The summed E-state index contributed by atoms with van der Waals surface area (Å²) in [5.74, 6) is 1.34. The molecule has 31 heavy (non-hydrogen) atoms. The number of carbonyl (C=O) groups excluding carboxylic acids is 2. The van der Waals surface area contributed by atoms with Gasteiger partial charge in [-0.15, -0.1) is 0 Å². The minimum absolute atomic E-state index is 0.319. The molecule has 1 aromatic heterocycles. The van der Waals surface area contributed by atoms with Crippen LogP contribution < -0.4 is 14.3 Å². The first-order valence-corrected chi connectivity index (χ1v) is 12.1. The lowest BCUT2D eigenvalue weighted by atomic mass is 10.2. The van der Waals surface area contributed by atoms with Crippen LogP contribution in [-0.2, 0) is 11.3 Å². The van der Waals surface area contributed by atoms with Gasteiger partial charge in [0.2, 0.25) is 0 Å². The second-order valence-electron chi connectivity index (χ2n) is 6.71. The van der Waals surface area contributed by atoms with Crippen LogP contribution in [0.2, 0.25) is 0 Å². The first-order chi connectivity index (χ1) is 15.1. The highest BCUT2D eigenvalue weighted by atomic mass is 32.2. The number of carbonyl (C=O) groups is 2. The molecule has 0 saturated heterocycles. The van der Waals surface area contributed by atoms with E-state index in [1.807, 2.05) is 16.9 Å². The highest BCUT2D eigenvalue weighted by Gasteiger charge is 2.16. The Kier molecular flexibility index (Phi) is 6.62. The van der Waals surface area contributed by atoms with Crippen LogP contribution in [0.1, 0.15) is 27.6 Å². The number of fused-ring (bicyclic) bond motifs is 2. The van der Waals surface area contributed by atoms with Gasteiger partial charge < -0.3 is 18.8 Å². The van der Waals surface area contributed by atoms with Crippen LogP contribution in [0, 0.1) is 0 Å². The van der Waals surface area contributed by atoms with Gasteiger partial charge in [-0.05, 0) is 49.6 Å². The molecule has 0 N–H and O–H groups in total. The molecule has 7 nitrogen and oxygen atoms in total. The first kappa shape index (κ1) is 21.5. The fraction of sp³-hybridized carbons (Fsp3) is 0.318. The zero-order valence-electron chi connectivity index (χ0n) is 17.3. The summed E-state index contributed by atoms with van der Waals surface area (Å²) >= 11 is 3.09. The molecule has 2 heterocycles. The molecule has 2 aromatic carbocycles. The third-order valence-corrected chi connectivity index (χ3v) is 6.33. The number of hydrogen-bond acceptors (Lipinski definition) is 7. The quantitative estimate of drug-likeness (QED) is 0.524. The van der Waals surface area contributed by atoms with Crippen molar-refractivity contribution >= 4 is 45.2 Å². The van der Waals surface area contributed by atoms with Crippen LogP contribution >= 0.6 is 23.1 Å². The summed E-state index contributed by atoms with van der Waals surface area (Å²) in [6, 6.07) is 10.5. The van der Waals surface area contributed by atoms with Crippen LogP contribution in [0.5, 0.6) is 11.5 Å². The number of thioether (sulfide) groups is 1. The van der Waals surface area contributed by atoms with E-state index in [4.69, 9.17) is 14.2 Å². The largest absolute Gasteiger partial charge is 0.486 e. The van der Waals surface area contributed by atoms with Crippen molar-refractivity contribution in [1.82, 2.24) is 4.57 Å². The number of hydrogen-bond donors (Lipinski definition) is 0. The maximum Gasteiger partial charge on any atom is 0.338 e. The van der Waals surface area contributed by atoms with Gasteiger partial charge in [0.1, 0.15) is 13.2 Å². The number of aryl methyl sites for hydroxylation is 1. The van der Waals surface area contributed by atoms with Crippen molar-refractivity contribution in [3.63, 3.8) is 0 Å². The molecule has 9 heteroatoms. The Bertz CT molecular complexity index is 1200. The molecule has 0 unspecified atom stereocenters. The molecule has 0 saturated carbocycles. The molecule has 162 valence electrons. The normalized spacial score (nSPS) is 13.4. The van der Waals surface area contributed by atoms with Crippen molar-refractivity contribution in [2.75, 3.05) is 31.8 Å². The average molecular weight is 459 g/mol. The van der Waals surface area contributed by atoms with Gasteiger partial charge >= 0.3 is 5.97 Å². The summed E-state index contributed by atoms with van der Waals surface area (Å²) in [4.78, 5) is 30.0. The SMILES string of the molecule is CCOC(=O)c1ccc2c(c1)sc(=NC(=O)c1ccc3c(c1)OCCO3)n2CCSC. The smallest absolute Gasteiger partial charge is 0.338 e. The predicted octanol–water partition coefficient (Wildman–Crippen LogP) is 3.75. The summed E-state index contributed by atoms with van der Waals surface area (Å²) in [5, 5.41) is 0. The van der Waals surface area contributed by atoms with Gasteiger partial charge in [0.15, 0.2) is 16.3 Å². The molecule has 1 aliphatic heterocycles. The fourth-order valence-corrected chi connectivity index (χ4v) is 4.69. The number of thiazole rings is 1. The molecule has 0 fully saturated rings. The Morgan fingerprint density at radius 3 is 2.68 bits per heavy atom. The van der Waals surface area contributed by atoms with Gasteiger partial charge in [-0.2, -0.15) is 16.8 Å². The van der Waals surface area contributed by atoms with Gasteiger partial charge in [-0.3, -0.25) is 4.79 Å². The number of rotatable bonds is 6. The van der Waals surface area contributed by atoms with E-state index < -0.39 is 0 Å². The summed E-state index contributed by atoms with van der Waals surface area (Å²) in [6.45, 7) is 3.75. The Morgan fingerprint density at radius 1 is 1.13 bits per heavy atom. The van der Waals surface area contributed by atoms with E-state index in [1.54, 1.807) is 49.0 Å². The molecule has 0 bridgehead atoms. The van der Waals surface area contributed by atoms with Crippen molar-refractivity contribution in [3.05, 3.63) is 52.3 Å². The van der Waals surface area contributed by atoms with Gasteiger partial charge in [-0.1, -0.05) is 11.3 Å². The maximum atomic E-state index is 12.9. The van der Waals surface area contributed by atoms with Crippen molar-refractivity contribution < 1.29 is 23.8 Å². The maximum absolute atomic E-state index is 12.9. The second-order valence-corrected chi connectivity index (χ2v) is 8.70. The molecular formula is C22H22N2O5S2. The number of aromatic nitrogens is 1. The molecule has 1 amide bonds. The summed E-state index contributed by atoms with van der Waals surface area (Å²) in [5.41, 5.74) is 1.85. The van der Waals surface area contributed by atoms with Crippen molar-refractivity contribution in [3.8, 4) is 11.5 Å². The Labute approximate surface area is 187 Å². The summed E-state index contributed by atoms with van der Waals surface area (Å²) < 4.78 is 19.1. The van der Waals surface area contributed by atoms with Crippen LogP contribution in [0.3, 0.4) is 0 Å². The Balaban J connectivity index is 1.74. The monoisotopic (exact) mass is 458 g/mol. The number of nitrogens with zero attached hydrogens (tertiary/aromatic N) is 2. The molecule has 1 aliphatic rings. The average Bonchev–Trinajstić information content (AvgIpc) is 3.13. The lowest BCUT2D eigenvalue weighted by molar-refractivity contribution is 0.0526. The minimum atomic E-state index is -0.362. The highest BCUT2D eigenvalue weighted by molar-refractivity contribution is 7.98. The molecule has 3 aromatic rings. The summed E-state index contributed by atoms with van der Waals surface area (Å²) in [6.07, 6.45) is 2.03. The van der Waals surface area contributed by atoms with E-state index >= 15 is 0 Å². The van der Waals surface area contributed by atoms with Crippen LogP contribution in [0.4, 0.5) is 0 Å². The molecule has 0 spiro atoms. The fourth-order valence-electron chi connectivity index (χ4n) is 3.23. The zero-order valence-corrected chi connectivity index (χ0v) is 18.9.